The molecule has 0 aliphatic carbocycles. The summed E-state index contributed by atoms with van der Waals surface area (Å²) in [5.41, 5.74) is 3.56. The minimum Gasteiger partial charge on any atom is -0.372 e. The molecule has 2 aromatic carbocycles. The molecular formula is C26H31N5O2. The lowest BCUT2D eigenvalue weighted by Gasteiger charge is -2.35. The van der Waals surface area contributed by atoms with Gasteiger partial charge in [0.15, 0.2) is 0 Å². The third kappa shape index (κ3) is 4.92. The highest BCUT2D eigenvalue weighted by atomic mass is 16.2. The number of hydrogen-bond donors (Lipinski definition) is 0. The van der Waals surface area contributed by atoms with Crippen molar-refractivity contribution in [3.05, 3.63) is 82.1 Å². The molecule has 1 fully saturated rings. The summed E-state index contributed by atoms with van der Waals surface area (Å²) in [5.74, 6) is 0.796. The monoisotopic (exact) mass is 445 g/mol. The Hall–Kier alpha value is -3.61. The van der Waals surface area contributed by atoms with E-state index in [9.17, 15) is 9.59 Å². The lowest BCUT2D eigenvalue weighted by molar-refractivity contribution is 0.0746. The van der Waals surface area contributed by atoms with Gasteiger partial charge < -0.3 is 14.7 Å². The van der Waals surface area contributed by atoms with Crippen molar-refractivity contribution in [1.29, 1.82) is 0 Å². The number of carbonyl (C=O) groups excluding carboxylic acids is 1. The fourth-order valence-corrected chi connectivity index (χ4v) is 4.17. The smallest absolute Gasteiger partial charge is 0.271 e. The van der Waals surface area contributed by atoms with E-state index in [0.29, 0.717) is 31.7 Å². The first kappa shape index (κ1) is 22.6. The quantitative estimate of drug-likeness (QED) is 0.582. The number of piperazine rings is 1. The van der Waals surface area contributed by atoms with Crippen molar-refractivity contribution in [3.8, 4) is 5.69 Å². The highest BCUT2D eigenvalue weighted by Gasteiger charge is 2.23. The first-order valence-corrected chi connectivity index (χ1v) is 11.6. The third-order valence-electron chi connectivity index (χ3n) is 6.20. The van der Waals surface area contributed by atoms with Crippen molar-refractivity contribution >= 4 is 17.4 Å². The van der Waals surface area contributed by atoms with Gasteiger partial charge in [0.25, 0.3) is 11.5 Å². The van der Waals surface area contributed by atoms with Gasteiger partial charge in [0.2, 0.25) is 0 Å². The van der Waals surface area contributed by atoms with Crippen LogP contribution in [0, 0.1) is 6.92 Å². The van der Waals surface area contributed by atoms with Gasteiger partial charge in [0.1, 0.15) is 5.82 Å². The molecule has 4 rings (SSSR count). The van der Waals surface area contributed by atoms with E-state index < -0.39 is 0 Å². The lowest BCUT2D eigenvalue weighted by Crippen LogP contribution is -2.49. The summed E-state index contributed by atoms with van der Waals surface area (Å²) in [5, 5.41) is 4.59. The van der Waals surface area contributed by atoms with Gasteiger partial charge in [-0.2, -0.15) is 4.68 Å². The predicted octanol–water partition coefficient (Wildman–Crippen LogP) is 3.35. The molecule has 1 amide bonds. The van der Waals surface area contributed by atoms with E-state index in [1.807, 2.05) is 60.4 Å². The summed E-state index contributed by atoms with van der Waals surface area (Å²) in [6, 6.07) is 18.9. The maximum Gasteiger partial charge on any atom is 0.271 e. The molecule has 1 saturated heterocycles. The number of anilines is 2. The fraction of sp³-hybridized carbons (Fsp3) is 0.346. The highest BCUT2D eigenvalue weighted by molar-refractivity contribution is 5.94. The molecule has 1 aromatic heterocycles. The zero-order valence-corrected chi connectivity index (χ0v) is 19.6. The number of aromatic nitrogens is 2. The number of aryl methyl sites for hydroxylation is 1. The molecule has 2 heterocycles. The molecule has 0 bridgehead atoms. The Kier molecular flexibility index (Phi) is 6.77. The van der Waals surface area contributed by atoms with Crippen LogP contribution in [0.4, 0.5) is 11.5 Å². The van der Waals surface area contributed by atoms with E-state index in [2.05, 4.69) is 28.7 Å². The van der Waals surface area contributed by atoms with Gasteiger partial charge in [0, 0.05) is 56.6 Å². The average Bonchev–Trinajstić information content (AvgIpc) is 2.86. The number of benzene rings is 2. The lowest BCUT2D eigenvalue weighted by atomic mass is 10.1. The molecule has 0 saturated carbocycles. The molecular weight excluding hydrogens is 414 g/mol. The molecule has 0 unspecified atom stereocenters. The summed E-state index contributed by atoms with van der Waals surface area (Å²) in [6.07, 6.45) is 0. The summed E-state index contributed by atoms with van der Waals surface area (Å²) in [6.45, 7) is 10.7. The van der Waals surface area contributed by atoms with Crippen LogP contribution in [0.25, 0.3) is 5.69 Å². The maximum absolute atomic E-state index is 13.0. The first-order chi connectivity index (χ1) is 16.0. The van der Waals surface area contributed by atoms with Crippen LogP contribution in [0.1, 0.15) is 29.8 Å². The Morgan fingerprint density at radius 1 is 0.879 bits per heavy atom. The van der Waals surface area contributed by atoms with E-state index in [-0.39, 0.29) is 11.5 Å². The van der Waals surface area contributed by atoms with Crippen LogP contribution in [-0.4, -0.2) is 59.9 Å². The second-order valence-corrected chi connectivity index (χ2v) is 8.28. The summed E-state index contributed by atoms with van der Waals surface area (Å²) >= 11 is 0. The molecule has 172 valence electrons. The molecule has 7 nitrogen and oxygen atoms in total. The van der Waals surface area contributed by atoms with Crippen LogP contribution < -0.4 is 15.4 Å². The number of amides is 1. The summed E-state index contributed by atoms with van der Waals surface area (Å²) < 4.78 is 1.43. The minimum absolute atomic E-state index is 0.0540. The van der Waals surface area contributed by atoms with Crippen LogP contribution in [0.2, 0.25) is 0 Å². The van der Waals surface area contributed by atoms with Crippen molar-refractivity contribution in [3.63, 3.8) is 0 Å². The second-order valence-electron chi connectivity index (χ2n) is 8.28. The van der Waals surface area contributed by atoms with Crippen LogP contribution in [0.5, 0.6) is 0 Å². The number of rotatable bonds is 6. The van der Waals surface area contributed by atoms with E-state index in [4.69, 9.17) is 0 Å². The van der Waals surface area contributed by atoms with Crippen molar-refractivity contribution in [2.45, 2.75) is 20.8 Å². The first-order valence-electron chi connectivity index (χ1n) is 11.6. The number of carbonyl (C=O) groups is 1. The van der Waals surface area contributed by atoms with Crippen LogP contribution in [0.15, 0.2) is 65.5 Å². The van der Waals surface area contributed by atoms with Crippen molar-refractivity contribution in [2.75, 3.05) is 49.1 Å². The summed E-state index contributed by atoms with van der Waals surface area (Å²) in [4.78, 5) is 31.6. The van der Waals surface area contributed by atoms with Gasteiger partial charge in [-0.05, 0) is 63.2 Å². The normalized spacial score (nSPS) is 13.8. The van der Waals surface area contributed by atoms with Crippen LogP contribution in [-0.2, 0) is 0 Å². The van der Waals surface area contributed by atoms with Crippen LogP contribution in [0.3, 0.4) is 0 Å². The second kappa shape index (κ2) is 9.90. The van der Waals surface area contributed by atoms with E-state index in [1.165, 1.54) is 4.68 Å². The number of nitrogens with zero attached hydrogens (tertiary/aromatic N) is 5. The molecule has 1 aliphatic rings. The Balaban J connectivity index is 1.43. The third-order valence-corrected chi connectivity index (χ3v) is 6.20. The molecule has 0 N–H and O–H groups in total. The maximum atomic E-state index is 13.0. The van der Waals surface area contributed by atoms with Crippen molar-refractivity contribution in [1.82, 2.24) is 14.7 Å². The fourth-order valence-electron chi connectivity index (χ4n) is 4.17. The number of hydrogen-bond acceptors (Lipinski definition) is 5. The largest absolute Gasteiger partial charge is 0.372 e. The Morgan fingerprint density at radius 3 is 2.12 bits per heavy atom. The zero-order chi connectivity index (χ0) is 23.4. The van der Waals surface area contributed by atoms with Crippen LogP contribution >= 0.6 is 0 Å². The molecule has 0 spiro atoms. The highest BCUT2D eigenvalue weighted by Crippen LogP contribution is 2.18. The van der Waals surface area contributed by atoms with E-state index >= 15 is 0 Å². The Bertz CT molecular complexity index is 1140. The van der Waals surface area contributed by atoms with Crippen molar-refractivity contribution in [2.24, 2.45) is 0 Å². The standard InChI is InChI=1S/C26H31N5O2/c1-4-28(5-2)22-12-8-21(9-13-22)26(33)30-18-16-29(17-19-30)24-14-15-25(32)31(27-24)23-10-6-20(3)7-11-23/h6-15H,4-5,16-19H2,1-3H3. The van der Waals surface area contributed by atoms with Gasteiger partial charge in [-0.3, -0.25) is 9.59 Å². The van der Waals surface area contributed by atoms with Crippen molar-refractivity contribution < 1.29 is 4.79 Å². The van der Waals surface area contributed by atoms with Gasteiger partial charge >= 0.3 is 0 Å². The topological polar surface area (TPSA) is 61.7 Å². The summed E-state index contributed by atoms with van der Waals surface area (Å²) in [7, 11) is 0. The molecule has 0 atom stereocenters. The molecule has 3 aromatic rings. The van der Waals surface area contributed by atoms with E-state index in [0.717, 1.165) is 35.8 Å². The average molecular weight is 446 g/mol. The van der Waals surface area contributed by atoms with E-state index in [1.54, 1.807) is 12.1 Å². The SMILES string of the molecule is CCN(CC)c1ccc(C(=O)N2CCN(c3ccc(=O)n(-c4ccc(C)cc4)n3)CC2)cc1. The van der Waals surface area contributed by atoms with Gasteiger partial charge in [-0.1, -0.05) is 17.7 Å². The Labute approximate surface area is 194 Å². The molecule has 33 heavy (non-hydrogen) atoms. The van der Waals surface area contributed by atoms with Gasteiger partial charge in [-0.25, -0.2) is 0 Å². The zero-order valence-electron chi connectivity index (χ0n) is 19.6. The van der Waals surface area contributed by atoms with Gasteiger partial charge in [-0.15, -0.1) is 5.10 Å². The Morgan fingerprint density at radius 2 is 1.52 bits per heavy atom. The minimum atomic E-state index is -0.162. The molecule has 1 aliphatic heterocycles. The van der Waals surface area contributed by atoms with Gasteiger partial charge in [0.05, 0.1) is 5.69 Å². The molecule has 7 heteroatoms. The predicted molar refractivity (Wildman–Crippen MR) is 133 cm³/mol. The molecule has 0 radical (unpaired) electrons.